The Bertz CT molecular complexity index is 471. The van der Waals surface area contributed by atoms with Crippen molar-refractivity contribution in [2.24, 2.45) is 5.41 Å². The van der Waals surface area contributed by atoms with Crippen LogP contribution >= 0.6 is 12.2 Å². The molecule has 1 aromatic heterocycles. The zero-order valence-electron chi connectivity index (χ0n) is 11.6. The lowest BCUT2D eigenvalue weighted by molar-refractivity contribution is -0.0193. The second kappa shape index (κ2) is 5.10. The summed E-state index contributed by atoms with van der Waals surface area (Å²) in [7, 11) is 0. The van der Waals surface area contributed by atoms with Crippen molar-refractivity contribution in [1.29, 1.82) is 0 Å². The van der Waals surface area contributed by atoms with Crippen molar-refractivity contribution >= 4 is 12.2 Å². The van der Waals surface area contributed by atoms with Gasteiger partial charge in [-0.15, -0.1) is 0 Å². The number of hydrogen-bond acceptors (Lipinski definition) is 3. The predicted molar refractivity (Wildman–Crippen MR) is 75.2 cm³/mol. The molecule has 0 radical (unpaired) electrons. The third kappa shape index (κ3) is 3.18. The lowest BCUT2D eigenvalue weighted by Gasteiger charge is -2.29. The smallest absolute Gasteiger partial charge is 0.137 e. The summed E-state index contributed by atoms with van der Waals surface area (Å²) < 4.78 is 6.53. The van der Waals surface area contributed by atoms with Gasteiger partial charge in [0.2, 0.25) is 0 Å². The van der Waals surface area contributed by atoms with Crippen LogP contribution in [0.25, 0.3) is 0 Å². The topological polar surface area (TPSA) is 37.9 Å². The highest BCUT2D eigenvalue weighted by molar-refractivity contribution is 7.71. The quantitative estimate of drug-likeness (QED) is 0.832. The van der Waals surface area contributed by atoms with Crippen LogP contribution in [-0.4, -0.2) is 16.6 Å². The van der Waals surface area contributed by atoms with Crippen LogP contribution < -0.4 is 0 Å². The second-order valence-corrected chi connectivity index (χ2v) is 6.45. The first kappa shape index (κ1) is 13.7. The summed E-state index contributed by atoms with van der Waals surface area (Å²) in [6, 6.07) is 1.99. The van der Waals surface area contributed by atoms with Gasteiger partial charge in [-0.3, -0.25) is 0 Å². The zero-order chi connectivity index (χ0) is 13.3. The van der Waals surface area contributed by atoms with E-state index in [1.807, 2.05) is 13.0 Å². The van der Waals surface area contributed by atoms with Gasteiger partial charge in [0.1, 0.15) is 16.6 Å². The summed E-state index contributed by atoms with van der Waals surface area (Å²) in [6.45, 7) is 9.18. The van der Waals surface area contributed by atoms with E-state index in [1.165, 1.54) is 18.5 Å². The van der Waals surface area contributed by atoms with Crippen LogP contribution in [0, 0.1) is 10.1 Å². The fraction of sp³-hybridized carbons (Fsp3) is 0.714. The minimum absolute atomic E-state index is 0.00343. The average molecular weight is 266 g/mol. The molecular weight excluding hydrogens is 244 g/mol. The Kier molecular flexibility index (Phi) is 3.87. The van der Waals surface area contributed by atoms with Crippen molar-refractivity contribution in [2.45, 2.75) is 52.6 Å². The largest absolute Gasteiger partial charge is 0.370 e. The Morgan fingerprint density at radius 2 is 2.17 bits per heavy atom. The molecule has 0 amide bonds. The minimum atomic E-state index is -0.0390. The van der Waals surface area contributed by atoms with E-state index in [1.54, 1.807) is 0 Å². The summed E-state index contributed by atoms with van der Waals surface area (Å²) in [6.07, 6.45) is 2.47. The lowest BCUT2D eigenvalue weighted by atomic mass is 9.88. The Hall–Kier alpha value is -0.740. The normalized spacial score (nSPS) is 17.8. The van der Waals surface area contributed by atoms with E-state index in [0.717, 1.165) is 5.82 Å². The van der Waals surface area contributed by atoms with Crippen LogP contribution in [0.1, 0.15) is 64.1 Å². The number of H-pyrrole nitrogens is 1. The van der Waals surface area contributed by atoms with Crippen molar-refractivity contribution in [3.63, 3.8) is 0 Å². The maximum atomic E-state index is 5.86. The molecule has 1 unspecified atom stereocenters. The number of rotatable bonds is 4. The van der Waals surface area contributed by atoms with Gasteiger partial charge in [-0.25, -0.2) is 4.98 Å². The maximum absolute atomic E-state index is 5.86. The van der Waals surface area contributed by atoms with E-state index in [-0.39, 0.29) is 11.5 Å². The number of nitrogens with zero attached hydrogens (tertiary/aromatic N) is 1. The monoisotopic (exact) mass is 266 g/mol. The van der Waals surface area contributed by atoms with Crippen molar-refractivity contribution in [3.05, 3.63) is 22.2 Å². The van der Waals surface area contributed by atoms with Gasteiger partial charge < -0.3 is 9.72 Å². The second-order valence-electron chi connectivity index (χ2n) is 6.04. The number of aromatic amines is 1. The molecular formula is C14H22N2OS. The molecule has 0 saturated heterocycles. The Labute approximate surface area is 114 Å². The molecule has 1 aliphatic carbocycles. The molecule has 1 aromatic rings. The van der Waals surface area contributed by atoms with Crippen LogP contribution in [0.4, 0.5) is 0 Å². The number of aromatic nitrogens is 2. The van der Waals surface area contributed by atoms with Gasteiger partial charge >= 0.3 is 0 Å². The predicted octanol–water partition coefficient (Wildman–Crippen LogP) is 4.14. The fourth-order valence-corrected chi connectivity index (χ4v) is 2.37. The molecule has 1 fully saturated rings. The molecule has 0 spiro atoms. The summed E-state index contributed by atoms with van der Waals surface area (Å²) in [5.74, 6) is 1.52. The first-order chi connectivity index (χ1) is 8.41. The van der Waals surface area contributed by atoms with Gasteiger partial charge in [0.25, 0.3) is 0 Å². The van der Waals surface area contributed by atoms with Crippen LogP contribution in [0.3, 0.4) is 0 Å². The number of nitrogens with one attached hydrogen (secondary N) is 1. The van der Waals surface area contributed by atoms with Gasteiger partial charge in [0, 0.05) is 12.3 Å². The Balaban J connectivity index is 2.37. The fourth-order valence-electron chi connectivity index (χ4n) is 2.14. The van der Waals surface area contributed by atoms with Crippen molar-refractivity contribution in [1.82, 2.24) is 9.97 Å². The molecule has 0 aliphatic heterocycles. The SMILES string of the molecule is CCOC(c1nc(=S)cc(C2CC2)[nH]1)C(C)(C)C. The molecule has 1 N–H and O–H groups in total. The van der Waals surface area contributed by atoms with Gasteiger partial charge in [-0.2, -0.15) is 0 Å². The van der Waals surface area contributed by atoms with E-state index in [0.29, 0.717) is 17.2 Å². The lowest BCUT2D eigenvalue weighted by Crippen LogP contribution is -2.24. The van der Waals surface area contributed by atoms with Gasteiger partial charge in [0.15, 0.2) is 0 Å². The standard InChI is InChI=1S/C14H22N2OS/c1-5-17-12(14(2,3)4)13-15-10(9-6-7-9)8-11(18)16-13/h8-9,12H,5-7H2,1-4H3,(H,15,16,18). The van der Waals surface area contributed by atoms with E-state index in [4.69, 9.17) is 17.0 Å². The maximum Gasteiger partial charge on any atom is 0.137 e. The molecule has 1 heterocycles. The summed E-state index contributed by atoms with van der Waals surface area (Å²) in [4.78, 5) is 7.90. The van der Waals surface area contributed by atoms with Gasteiger partial charge in [-0.1, -0.05) is 33.0 Å². The number of ether oxygens (including phenoxy) is 1. The Morgan fingerprint density at radius 1 is 1.50 bits per heavy atom. The third-order valence-corrected chi connectivity index (χ3v) is 3.38. The van der Waals surface area contributed by atoms with E-state index >= 15 is 0 Å². The molecule has 3 nitrogen and oxygen atoms in total. The summed E-state index contributed by atoms with van der Waals surface area (Å²) in [5.41, 5.74) is 1.22. The van der Waals surface area contributed by atoms with Crippen LogP contribution in [0.15, 0.2) is 6.07 Å². The van der Waals surface area contributed by atoms with E-state index in [2.05, 4.69) is 30.7 Å². The summed E-state index contributed by atoms with van der Waals surface area (Å²) >= 11 is 5.27. The third-order valence-electron chi connectivity index (χ3n) is 3.17. The van der Waals surface area contributed by atoms with Gasteiger partial charge in [-0.05, 0) is 37.2 Å². The molecule has 0 aromatic carbocycles. The first-order valence-electron chi connectivity index (χ1n) is 6.64. The molecule has 1 saturated carbocycles. The zero-order valence-corrected chi connectivity index (χ0v) is 12.4. The van der Waals surface area contributed by atoms with Crippen LogP contribution in [0.5, 0.6) is 0 Å². The van der Waals surface area contributed by atoms with E-state index < -0.39 is 0 Å². The average Bonchev–Trinajstić information content (AvgIpc) is 3.06. The molecule has 0 bridgehead atoms. The van der Waals surface area contributed by atoms with Crippen molar-refractivity contribution < 1.29 is 4.74 Å². The highest BCUT2D eigenvalue weighted by Gasteiger charge is 2.31. The molecule has 1 atom stereocenters. The van der Waals surface area contributed by atoms with E-state index in [9.17, 15) is 0 Å². The molecule has 4 heteroatoms. The Morgan fingerprint density at radius 3 is 2.67 bits per heavy atom. The molecule has 18 heavy (non-hydrogen) atoms. The van der Waals surface area contributed by atoms with Gasteiger partial charge in [0.05, 0.1) is 0 Å². The number of hydrogen-bond donors (Lipinski definition) is 1. The molecule has 100 valence electrons. The van der Waals surface area contributed by atoms with Crippen molar-refractivity contribution in [3.8, 4) is 0 Å². The van der Waals surface area contributed by atoms with Crippen LogP contribution in [0.2, 0.25) is 0 Å². The highest BCUT2D eigenvalue weighted by atomic mass is 32.1. The molecule has 2 rings (SSSR count). The minimum Gasteiger partial charge on any atom is -0.370 e. The molecule has 1 aliphatic rings. The first-order valence-corrected chi connectivity index (χ1v) is 7.05. The van der Waals surface area contributed by atoms with Crippen molar-refractivity contribution in [2.75, 3.05) is 6.61 Å². The summed E-state index contributed by atoms with van der Waals surface area (Å²) in [5, 5.41) is 0. The highest BCUT2D eigenvalue weighted by Crippen LogP contribution is 2.40. The van der Waals surface area contributed by atoms with Crippen LogP contribution in [-0.2, 0) is 4.74 Å².